The third-order valence-electron chi connectivity index (χ3n) is 2.16. The van der Waals surface area contributed by atoms with Crippen molar-refractivity contribution in [3.63, 3.8) is 0 Å². The molecular formula is C11H18N2O. The number of hydrogen-bond acceptors (Lipinski definition) is 3. The maximum atomic E-state index is 9.12. The highest BCUT2D eigenvalue weighted by Crippen LogP contribution is 2.16. The first-order valence-corrected chi connectivity index (χ1v) is 4.95. The Labute approximate surface area is 85.4 Å². The van der Waals surface area contributed by atoms with E-state index in [0.29, 0.717) is 5.75 Å². The number of phenolic OH excluding ortho intramolecular Hbond substituents is 1. The second-order valence-electron chi connectivity index (χ2n) is 3.29. The lowest BCUT2D eigenvalue weighted by Gasteiger charge is -2.19. The van der Waals surface area contributed by atoms with E-state index < -0.39 is 0 Å². The van der Waals surface area contributed by atoms with E-state index in [0.717, 1.165) is 25.3 Å². The summed E-state index contributed by atoms with van der Waals surface area (Å²) in [6, 6.07) is 7.25. The number of nitrogens with one attached hydrogen (secondary N) is 1. The molecule has 0 fully saturated rings. The fourth-order valence-electron chi connectivity index (χ4n) is 1.26. The Morgan fingerprint density at radius 1 is 1.29 bits per heavy atom. The van der Waals surface area contributed by atoms with E-state index >= 15 is 0 Å². The molecule has 0 saturated carbocycles. The zero-order valence-electron chi connectivity index (χ0n) is 8.83. The van der Waals surface area contributed by atoms with Crippen molar-refractivity contribution in [3.05, 3.63) is 24.3 Å². The normalized spacial score (nSPS) is 10.1. The van der Waals surface area contributed by atoms with Gasteiger partial charge in [-0.1, -0.05) is 6.92 Å². The van der Waals surface area contributed by atoms with Gasteiger partial charge >= 0.3 is 0 Å². The largest absolute Gasteiger partial charge is 0.508 e. The number of aromatic hydroxyl groups is 1. The molecule has 0 amide bonds. The Kier molecular flexibility index (Phi) is 4.26. The van der Waals surface area contributed by atoms with Crippen LogP contribution in [0, 0.1) is 0 Å². The Morgan fingerprint density at radius 3 is 2.50 bits per heavy atom. The second-order valence-corrected chi connectivity index (χ2v) is 3.29. The molecule has 0 aliphatic rings. The van der Waals surface area contributed by atoms with Gasteiger partial charge in [-0.3, -0.25) is 0 Å². The molecule has 0 aliphatic carbocycles. The van der Waals surface area contributed by atoms with Crippen LogP contribution in [0.3, 0.4) is 0 Å². The van der Waals surface area contributed by atoms with E-state index in [1.54, 1.807) is 12.1 Å². The number of likely N-dealkylation sites (N-methyl/N-ethyl adjacent to an activating group) is 2. The van der Waals surface area contributed by atoms with E-state index in [2.05, 4.69) is 17.1 Å². The summed E-state index contributed by atoms with van der Waals surface area (Å²) in [5.74, 6) is 0.314. The molecule has 0 bridgehead atoms. The van der Waals surface area contributed by atoms with E-state index in [4.69, 9.17) is 5.11 Å². The van der Waals surface area contributed by atoms with Crippen molar-refractivity contribution in [1.29, 1.82) is 0 Å². The molecule has 1 rings (SSSR count). The molecular weight excluding hydrogens is 176 g/mol. The second kappa shape index (κ2) is 5.50. The number of anilines is 1. The van der Waals surface area contributed by atoms with Crippen LogP contribution >= 0.6 is 0 Å². The van der Waals surface area contributed by atoms with Crippen LogP contribution < -0.4 is 10.2 Å². The van der Waals surface area contributed by atoms with Gasteiger partial charge in [0.2, 0.25) is 0 Å². The van der Waals surface area contributed by atoms with Crippen LogP contribution in [0.4, 0.5) is 5.69 Å². The number of benzene rings is 1. The molecule has 0 spiro atoms. The first-order chi connectivity index (χ1) is 6.74. The predicted octanol–water partition coefficient (Wildman–Crippen LogP) is 1.44. The quantitative estimate of drug-likeness (QED) is 0.696. The van der Waals surface area contributed by atoms with E-state index in [1.807, 2.05) is 19.2 Å². The van der Waals surface area contributed by atoms with Crippen molar-refractivity contribution in [2.24, 2.45) is 0 Å². The summed E-state index contributed by atoms with van der Waals surface area (Å²) in [5.41, 5.74) is 1.13. The van der Waals surface area contributed by atoms with E-state index in [-0.39, 0.29) is 0 Å². The standard InChI is InChI=1S/C11H18N2O/c1-3-12-8-9-13(2)10-4-6-11(14)7-5-10/h4-7,12,14H,3,8-9H2,1-2H3. The van der Waals surface area contributed by atoms with Crippen LogP contribution in [0.15, 0.2) is 24.3 Å². The first kappa shape index (κ1) is 10.9. The predicted molar refractivity (Wildman–Crippen MR) is 59.9 cm³/mol. The number of nitrogens with zero attached hydrogens (tertiary/aromatic N) is 1. The Balaban J connectivity index is 2.43. The van der Waals surface area contributed by atoms with Gasteiger partial charge in [0.05, 0.1) is 0 Å². The summed E-state index contributed by atoms with van der Waals surface area (Å²) in [6.45, 7) is 5.05. The fourth-order valence-corrected chi connectivity index (χ4v) is 1.26. The number of phenols is 1. The lowest BCUT2D eigenvalue weighted by Crippen LogP contribution is -2.28. The Bertz CT molecular complexity index is 258. The smallest absolute Gasteiger partial charge is 0.115 e. The topological polar surface area (TPSA) is 35.5 Å². The van der Waals surface area contributed by atoms with Crippen molar-refractivity contribution in [2.75, 3.05) is 31.6 Å². The molecule has 0 heterocycles. The molecule has 0 aliphatic heterocycles. The van der Waals surface area contributed by atoms with Crippen LogP contribution in [0.2, 0.25) is 0 Å². The highest BCUT2D eigenvalue weighted by Gasteiger charge is 1.99. The lowest BCUT2D eigenvalue weighted by molar-refractivity contribution is 0.475. The molecule has 1 aromatic carbocycles. The number of hydrogen-bond donors (Lipinski definition) is 2. The van der Waals surface area contributed by atoms with Crippen molar-refractivity contribution >= 4 is 5.69 Å². The van der Waals surface area contributed by atoms with Crippen molar-refractivity contribution in [3.8, 4) is 5.75 Å². The summed E-state index contributed by atoms with van der Waals surface area (Å²) in [7, 11) is 2.05. The first-order valence-electron chi connectivity index (χ1n) is 4.95. The molecule has 2 N–H and O–H groups in total. The molecule has 14 heavy (non-hydrogen) atoms. The van der Waals surface area contributed by atoms with Gasteiger partial charge in [-0.05, 0) is 30.8 Å². The SMILES string of the molecule is CCNCCN(C)c1ccc(O)cc1. The molecule has 0 atom stereocenters. The minimum Gasteiger partial charge on any atom is -0.508 e. The molecule has 0 unspecified atom stereocenters. The van der Waals surface area contributed by atoms with Gasteiger partial charge in [0.1, 0.15) is 5.75 Å². The maximum absolute atomic E-state index is 9.12. The van der Waals surface area contributed by atoms with Gasteiger partial charge in [0, 0.05) is 25.8 Å². The van der Waals surface area contributed by atoms with Gasteiger partial charge in [-0.2, -0.15) is 0 Å². The molecule has 0 aromatic heterocycles. The maximum Gasteiger partial charge on any atom is 0.115 e. The molecule has 0 radical (unpaired) electrons. The van der Waals surface area contributed by atoms with Crippen LogP contribution in [-0.2, 0) is 0 Å². The van der Waals surface area contributed by atoms with E-state index in [1.165, 1.54) is 0 Å². The zero-order valence-corrected chi connectivity index (χ0v) is 8.83. The molecule has 78 valence electrons. The summed E-state index contributed by atoms with van der Waals surface area (Å²) < 4.78 is 0. The Hall–Kier alpha value is -1.22. The van der Waals surface area contributed by atoms with E-state index in [9.17, 15) is 0 Å². The highest BCUT2D eigenvalue weighted by atomic mass is 16.3. The van der Waals surface area contributed by atoms with Crippen molar-refractivity contribution in [1.82, 2.24) is 5.32 Å². The average molecular weight is 194 g/mol. The minimum atomic E-state index is 0.314. The molecule has 3 nitrogen and oxygen atoms in total. The van der Waals surface area contributed by atoms with Crippen molar-refractivity contribution < 1.29 is 5.11 Å². The third kappa shape index (κ3) is 3.26. The fraction of sp³-hybridized carbons (Fsp3) is 0.455. The summed E-state index contributed by atoms with van der Waals surface area (Å²) in [5, 5.41) is 12.4. The lowest BCUT2D eigenvalue weighted by atomic mass is 10.3. The average Bonchev–Trinajstić information content (AvgIpc) is 2.19. The molecule has 0 saturated heterocycles. The third-order valence-corrected chi connectivity index (χ3v) is 2.16. The van der Waals surface area contributed by atoms with Gasteiger partial charge in [-0.25, -0.2) is 0 Å². The summed E-state index contributed by atoms with van der Waals surface area (Å²) in [4.78, 5) is 2.15. The minimum absolute atomic E-state index is 0.314. The number of rotatable bonds is 5. The molecule has 3 heteroatoms. The zero-order chi connectivity index (χ0) is 10.4. The monoisotopic (exact) mass is 194 g/mol. The van der Waals surface area contributed by atoms with Crippen LogP contribution in [0.25, 0.3) is 0 Å². The van der Waals surface area contributed by atoms with Crippen molar-refractivity contribution in [2.45, 2.75) is 6.92 Å². The van der Waals surface area contributed by atoms with Crippen LogP contribution in [-0.4, -0.2) is 31.8 Å². The van der Waals surface area contributed by atoms with Crippen LogP contribution in [0.5, 0.6) is 5.75 Å². The van der Waals surface area contributed by atoms with Crippen LogP contribution in [0.1, 0.15) is 6.92 Å². The Morgan fingerprint density at radius 2 is 1.93 bits per heavy atom. The highest BCUT2D eigenvalue weighted by molar-refractivity contribution is 5.47. The van der Waals surface area contributed by atoms with Gasteiger partial charge in [0.15, 0.2) is 0 Å². The van der Waals surface area contributed by atoms with Gasteiger partial charge in [-0.15, -0.1) is 0 Å². The van der Waals surface area contributed by atoms with Gasteiger partial charge in [0.25, 0.3) is 0 Å². The van der Waals surface area contributed by atoms with Gasteiger partial charge < -0.3 is 15.3 Å². The summed E-state index contributed by atoms with van der Waals surface area (Å²) >= 11 is 0. The summed E-state index contributed by atoms with van der Waals surface area (Å²) in [6.07, 6.45) is 0. The molecule has 1 aromatic rings.